The molecule has 9 aromatic rings. The topological polar surface area (TPSA) is 17.3 Å². The number of hydrogen-bond donors (Lipinski definition) is 0. The van der Waals surface area contributed by atoms with Crippen LogP contribution in [0.3, 0.4) is 0 Å². The second-order valence-corrected chi connectivity index (χ2v) is 19.6. The van der Waals surface area contributed by atoms with Gasteiger partial charge in [0.2, 0.25) is 0 Å². The van der Waals surface area contributed by atoms with E-state index < -0.39 is 0 Å². The van der Waals surface area contributed by atoms with E-state index >= 15 is 0 Å². The molecular formula is C69H54N2. The minimum absolute atomic E-state index is 0.308. The SMILES string of the molecule is Cc1ccccc1C1=C(Cc2ccc(C3=C(c4ccccc4)CC=C(c4ccc(C5c6ccccc6C6C=CC=CC65)cc4)N=C3c3ccc(-n4c5ccccc5c5ccccc54)cc3)cc2)CCC=C1. The molecule has 2 heteroatoms. The summed E-state index contributed by atoms with van der Waals surface area (Å²) >= 11 is 0. The molecule has 0 saturated heterocycles. The lowest BCUT2D eigenvalue weighted by molar-refractivity contribution is 0.567. The molecule has 0 amide bonds. The molecule has 0 bridgehead atoms. The predicted octanol–water partition coefficient (Wildman–Crippen LogP) is 17.3. The molecule has 1 aromatic heterocycles. The van der Waals surface area contributed by atoms with Crippen molar-refractivity contribution in [3.63, 3.8) is 0 Å². The molecule has 0 radical (unpaired) electrons. The van der Waals surface area contributed by atoms with E-state index in [0.717, 1.165) is 53.9 Å². The van der Waals surface area contributed by atoms with E-state index in [1.165, 1.54) is 88.6 Å². The van der Waals surface area contributed by atoms with Gasteiger partial charge in [-0.1, -0.05) is 224 Å². The van der Waals surface area contributed by atoms with Crippen LogP contribution < -0.4 is 0 Å². The van der Waals surface area contributed by atoms with Gasteiger partial charge < -0.3 is 4.57 Å². The third-order valence-electron chi connectivity index (χ3n) is 15.6. The number of para-hydroxylation sites is 2. The van der Waals surface area contributed by atoms with Crippen LogP contribution in [0.1, 0.15) is 86.7 Å². The van der Waals surface area contributed by atoms with Crippen LogP contribution in [-0.2, 0) is 6.42 Å². The summed E-state index contributed by atoms with van der Waals surface area (Å²) in [5.74, 6) is 1.13. The molecule has 8 aromatic carbocycles. The smallest absolute Gasteiger partial charge is 0.0790 e. The lowest BCUT2D eigenvalue weighted by Crippen LogP contribution is -2.11. The first-order valence-electron chi connectivity index (χ1n) is 25.4. The summed E-state index contributed by atoms with van der Waals surface area (Å²) in [6.45, 7) is 2.23. The predicted molar refractivity (Wildman–Crippen MR) is 299 cm³/mol. The van der Waals surface area contributed by atoms with Crippen molar-refractivity contribution in [2.75, 3.05) is 0 Å². The van der Waals surface area contributed by atoms with Crippen molar-refractivity contribution in [1.82, 2.24) is 4.57 Å². The average molecular weight is 911 g/mol. The lowest BCUT2D eigenvalue weighted by atomic mass is 9.80. The fourth-order valence-corrected chi connectivity index (χ4v) is 12.1. The van der Waals surface area contributed by atoms with Crippen molar-refractivity contribution in [3.05, 3.63) is 304 Å². The van der Waals surface area contributed by atoms with E-state index in [4.69, 9.17) is 4.99 Å². The summed E-state index contributed by atoms with van der Waals surface area (Å²) in [6.07, 6.45) is 20.1. The zero-order chi connectivity index (χ0) is 47.3. The third kappa shape index (κ3) is 7.72. The van der Waals surface area contributed by atoms with Crippen LogP contribution >= 0.6 is 0 Å². The van der Waals surface area contributed by atoms with Gasteiger partial charge >= 0.3 is 0 Å². The maximum atomic E-state index is 5.82. The highest BCUT2D eigenvalue weighted by atomic mass is 15.0. The first-order valence-corrected chi connectivity index (χ1v) is 25.4. The van der Waals surface area contributed by atoms with Gasteiger partial charge in [0.25, 0.3) is 0 Å². The lowest BCUT2D eigenvalue weighted by Gasteiger charge is -2.23. The maximum absolute atomic E-state index is 5.82. The number of fused-ring (bicyclic) bond motifs is 6. The van der Waals surface area contributed by atoms with Crippen LogP contribution in [0.15, 0.2) is 253 Å². The molecule has 13 rings (SSSR count). The second-order valence-electron chi connectivity index (χ2n) is 19.6. The highest BCUT2D eigenvalue weighted by Gasteiger charge is 2.39. The number of aryl methyl sites for hydroxylation is 1. The molecule has 2 nitrogen and oxygen atoms in total. The molecule has 71 heavy (non-hydrogen) atoms. The zero-order valence-corrected chi connectivity index (χ0v) is 40.0. The summed E-state index contributed by atoms with van der Waals surface area (Å²) < 4.78 is 2.40. The van der Waals surface area contributed by atoms with Crippen LogP contribution in [0.25, 0.3) is 49.9 Å². The van der Waals surface area contributed by atoms with Gasteiger partial charge in [-0.15, -0.1) is 0 Å². The number of allylic oxidation sites excluding steroid dienone is 11. The van der Waals surface area contributed by atoms with Crippen LogP contribution in [0.4, 0.5) is 0 Å². The monoisotopic (exact) mass is 910 g/mol. The van der Waals surface area contributed by atoms with Crippen molar-refractivity contribution in [2.45, 2.75) is 44.4 Å². The molecule has 0 saturated carbocycles. The number of aromatic nitrogens is 1. The van der Waals surface area contributed by atoms with E-state index in [1.807, 2.05) is 0 Å². The Morgan fingerprint density at radius 1 is 0.563 bits per heavy atom. The Kier molecular flexibility index (Phi) is 11.0. The molecular weight excluding hydrogens is 857 g/mol. The van der Waals surface area contributed by atoms with E-state index in [0.29, 0.717) is 17.8 Å². The van der Waals surface area contributed by atoms with Crippen LogP contribution in [0, 0.1) is 12.8 Å². The summed E-state index contributed by atoms with van der Waals surface area (Å²) in [4.78, 5) is 5.82. The minimum atomic E-state index is 0.308. The quantitative estimate of drug-likeness (QED) is 0.137. The maximum Gasteiger partial charge on any atom is 0.0790 e. The van der Waals surface area contributed by atoms with Gasteiger partial charge in [-0.3, -0.25) is 0 Å². The van der Waals surface area contributed by atoms with Gasteiger partial charge in [0.1, 0.15) is 0 Å². The third-order valence-corrected chi connectivity index (χ3v) is 15.6. The minimum Gasteiger partial charge on any atom is -0.309 e. The summed E-state index contributed by atoms with van der Waals surface area (Å²) in [7, 11) is 0. The molecule has 340 valence electrons. The molecule has 3 atom stereocenters. The van der Waals surface area contributed by atoms with Gasteiger partial charge in [-0.25, -0.2) is 4.99 Å². The van der Waals surface area contributed by atoms with Gasteiger partial charge in [-0.05, 0) is 124 Å². The van der Waals surface area contributed by atoms with Gasteiger partial charge in [0, 0.05) is 39.4 Å². The highest BCUT2D eigenvalue weighted by Crippen LogP contribution is 2.52. The van der Waals surface area contributed by atoms with Crippen molar-refractivity contribution < 1.29 is 0 Å². The number of rotatable bonds is 9. The van der Waals surface area contributed by atoms with Gasteiger partial charge in [0.15, 0.2) is 0 Å². The van der Waals surface area contributed by atoms with Crippen molar-refractivity contribution >= 4 is 49.9 Å². The first kappa shape index (κ1) is 42.7. The van der Waals surface area contributed by atoms with Crippen LogP contribution in [0.2, 0.25) is 0 Å². The average Bonchev–Trinajstić information content (AvgIpc) is 3.87. The Labute approximate surface area is 417 Å². The Morgan fingerprint density at radius 2 is 1.21 bits per heavy atom. The van der Waals surface area contributed by atoms with Crippen molar-refractivity contribution in [3.8, 4) is 5.69 Å². The van der Waals surface area contributed by atoms with E-state index in [-0.39, 0.29) is 0 Å². The fourth-order valence-electron chi connectivity index (χ4n) is 12.1. The second kappa shape index (κ2) is 18.2. The first-order chi connectivity index (χ1) is 35.1. The summed E-state index contributed by atoms with van der Waals surface area (Å²) in [5.41, 5.74) is 23.6. The highest BCUT2D eigenvalue weighted by molar-refractivity contribution is 6.38. The standard InChI is InChI=1S/C69H54N2/c1-46-17-5-7-21-55(46)56-22-8-6-20-53(56)45-47-31-33-51(34-32-47)68-57(48-18-3-2-4-19-48)43-44-64(49-35-37-50(38-36-49)67-62-27-11-9-23-58(62)59-24-10-12-28-63(59)67)70-69(68)52-39-41-54(42-40-52)71-65-29-15-13-25-60(65)61-26-14-16-30-66(61)71/h2-5,7-19,21-42,44,58,62,67H,6,20,43,45H2,1H3. The Balaban J connectivity index is 0.931. The van der Waals surface area contributed by atoms with Crippen LogP contribution in [0.5, 0.6) is 0 Å². The van der Waals surface area contributed by atoms with E-state index in [2.05, 4.69) is 254 Å². The van der Waals surface area contributed by atoms with E-state index in [9.17, 15) is 0 Å². The number of benzene rings is 8. The van der Waals surface area contributed by atoms with Gasteiger partial charge in [0.05, 0.1) is 22.4 Å². The molecule has 0 fully saturated rings. The Hall–Kier alpha value is -8.33. The Morgan fingerprint density at radius 3 is 1.97 bits per heavy atom. The molecule has 2 heterocycles. The molecule has 1 aliphatic heterocycles. The van der Waals surface area contributed by atoms with Crippen LogP contribution in [-0.4, -0.2) is 10.3 Å². The number of nitrogens with zero attached hydrogens (tertiary/aromatic N) is 2. The number of aliphatic imine (C=N–C) groups is 1. The van der Waals surface area contributed by atoms with E-state index in [1.54, 1.807) is 0 Å². The zero-order valence-electron chi connectivity index (χ0n) is 40.0. The Bertz CT molecular complexity index is 3680. The summed E-state index contributed by atoms with van der Waals surface area (Å²) in [5, 5.41) is 2.52. The largest absolute Gasteiger partial charge is 0.309 e. The molecule has 0 spiro atoms. The number of hydrogen-bond acceptors (Lipinski definition) is 1. The normalized spacial score (nSPS) is 18.4. The molecule has 4 aliphatic rings. The van der Waals surface area contributed by atoms with Crippen molar-refractivity contribution in [2.24, 2.45) is 10.9 Å². The molecule has 3 aliphatic carbocycles. The fraction of sp³-hybridized carbons (Fsp3) is 0.116. The van der Waals surface area contributed by atoms with Crippen molar-refractivity contribution in [1.29, 1.82) is 0 Å². The molecule has 0 N–H and O–H groups in total. The summed E-state index contributed by atoms with van der Waals surface area (Å²) in [6, 6.07) is 74.2. The van der Waals surface area contributed by atoms with Gasteiger partial charge in [-0.2, -0.15) is 0 Å². The molecule has 3 unspecified atom stereocenters.